The fourth-order valence-electron chi connectivity index (χ4n) is 1.64. The summed E-state index contributed by atoms with van der Waals surface area (Å²) in [6.07, 6.45) is 0. The number of anilines is 1. The molecule has 0 saturated heterocycles. The van der Waals surface area contributed by atoms with Gasteiger partial charge in [-0.15, -0.1) is 0 Å². The van der Waals surface area contributed by atoms with Gasteiger partial charge in [-0.05, 0) is 26.0 Å². The van der Waals surface area contributed by atoms with E-state index in [0.29, 0.717) is 11.3 Å². The number of carbonyl (C=O) groups excluding carboxylic acids is 1. The average Bonchev–Trinajstić information content (AvgIpc) is 2.44. The molecule has 0 fully saturated rings. The van der Waals surface area contributed by atoms with Crippen molar-refractivity contribution in [3.8, 4) is 0 Å². The molecule has 1 rings (SSSR count). The van der Waals surface area contributed by atoms with Crippen molar-refractivity contribution in [1.82, 2.24) is 0 Å². The number of methoxy groups -OCH3 is 1. The van der Waals surface area contributed by atoms with E-state index in [1.54, 1.807) is 45.2 Å². The Labute approximate surface area is 112 Å². The summed E-state index contributed by atoms with van der Waals surface area (Å²) in [4.78, 5) is 13.7. The third kappa shape index (κ3) is 3.03. The molecule has 0 spiro atoms. The lowest BCUT2D eigenvalue weighted by atomic mass is 10.1. The zero-order chi connectivity index (χ0) is 14.6. The van der Waals surface area contributed by atoms with E-state index in [2.05, 4.69) is 5.16 Å². The van der Waals surface area contributed by atoms with Crippen molar-refractivity contribution in [3.05, 3.63) is 29.8 Å². The Morgan fingerprint density at radius 3 is 2.53 bits per heavy atom. The van der Waals surface area contributed by atoms with Crippen molar-refractivity contribution in [3.63, 3.8) is 0 Å². The molecular weight excluding hydrogens is 246 g/mol. The van der Waals surface area contributed by atoms with E-state index in [4.69, 9.17) is 15.7 Å². The largest absolute Gasteiger partial charge is 0.409 e. The van der Waals surface area contributed by atoms with E-state index in [1.165, 1.54) is 12.0 Å². The minimum Gasteiger partial charge on any atom is -0.409 e. The number of oxime groups is 1. The third-order valence-corrected chi connectivity index (χ3v) is 2.98. The van der Waals surface area contributed by atoms with E-state index in [0.717, 1.165) is 0 Å². The van der Waals surface area contributed by atoms with Gasteiger partial charge in [-0.25, -0.2) is 0 Å². The molecule has 0 aliphatic carbocycles. The summed E-state index contributed by atoms with van der Waals surface area (Å²) in [5, 5.41) is 11.7. The van der Waals surface area contributed by atoms with Crippen LogP contribution in [-0.4, -0.2) is 36.7 Å². The molecule has 19 heavy (non-hydrogen) atoms. The van der Waals surface area contributed by atoms with Crippen LogP contribution in [0.25, 0.3) is 0 Å². The molecule has 1 aromatic rings. The Morgan fingerprint density at radius 2 is 2.00 bits per heavy atom. The number of para-hydroxylation sites is 1. The number of nitrogens with zero attached hydrogens (tertiary/aromatic N) is 2. The summed E-state index contributed by atoms with van der Waals surface area (Å²) >= 11 is 0. The van der Waals surface area contributed by atoms with Crippen molar-refractivity contribution in [2.24, 2.45) is 10.9 Å². The SMILES string of the molecule is COC(C)(C)C(=O)N(C)c1ccccc1/C(N)=N/O. The van der Waals surface area contributed by atoms with E-state index in [1.807, 2.05) is 0 Å². The highest BCUT2D eigenvalue weighted by Crippen LogP contribution is 2.22. The molecule has 0 aromatic heterocycles. The molecule has 0 bridgehead atoms. The molecular formula is C13H19N3O3. The first-order valence-electron chi connectivity index (χ1n) is 5.75. The molecule has 0 aliphatic rings. The van der Waals surface area contributed by atoms with Crippen LogP contribution >= 0.6 is 0 Å². The first-order valence-corrected chi connectivity index (χ1v) is 5.75. The minimum absolute atomic E-state index is 0.0505. The lowest BCUT2D eigenvalue weighted by molar-refractivity contribution is -0.136. The average molecular weight is 265 g/mol. The van der Waals surface area contributed by atoms with Gasteiger partial charge in [0.2, 0.25) is 0 Å². The van der Waals surface area contributed by atoms with Gasteiger partial charge in [-0.2, -0.15) is 0 Å². The van der Waals surface area contributed by atoms with Crippen LogP contribution in [-0.2, 0) is 9.53 Å². The quantitative estimate of drug-likeness (QED) is 0.370. The highest BCUT2D eigenvalue weighted by atomic mass is 16.5. The molecule has 3 N–H and O–H groups in total. The zero-order valence-electron chi connectivity index (χ0n) is 11.5. The van der Waals surface area contributed by atoms with Crippen molar-refractivity contribution < 1.29 is 14.7 Å². The van der Waals surface area contributed by atoms with Crippen LogP contribution in [0.3, 0.4) is 0 Å². The van der Waals surface area contributed by atoms with E-state index >= 15 is 0 Å². The molecule has 0 heterocycles. The second kappa shape index (κ2) is 5.71. The maximum atomic E-state index is 12.3. The molecule has 6 heteroatoms. The Kier molecular flexibility index (Phi) is 4.50. The van der Waals surface area contributed by atoms with Crippen molar-refractivity contribution in [2.75, 3.05) is 19.1 Å². The van der Waals surface area contributed by atoms with Crippen LogP contribution in [0, 0.1) is 0 Å². The molecule has 0 atom stereocenters. The topological polar surface area (TPSA) is 88.2 Å². The van der Waals surface area contributed by atoms with Crippen LogP contribution < -0.4 is 10.6 Å². The highest BCUT2D eigenvalue weighted by Gasteiger charge is 2.31. The smallest absolute Gasteiger partial charge is 0.258 e. The summed E-state index contributed by atoms with van der Waals surface area (Å²) in [5.74, 6) is -0.279. The first kappa shape index (κ1) is 15.0. The van der Waals surface area contributed by atoms with Crippen LogP contribution in [0.4, 0.5) is 5.69 Å². The van der Waals surface area contributed by atoms with E-state index < -0.39 is 5.60 Å². The number of carbonyl (C=O) groups is 1. The van der Waals surface area contributed by atoms with Gasteiger partial charge in [0.1, 0.15) is 5.60 Å². The lowest BCUT2D eigenvalue weighted by Crippen LogP contribution is -2.45. The second-order valence-corrected chi connectivity index (χ2v) is 4.58. The highest BCUT2D eigenvalue weighted by molar-refractivity contribution is 6.07. The standard InChI is InChI=1S/C13H19N3O3/c1-13(2,19-4)12(17)16(3)10-8-6-5-7-9(10)11(14)15-18/h5-8,18H,1-4H3,(H2,14,15). The van der Waals surface area contributed by atoms with Crippen molar-refractivity contribution in [1.29, 1.82) is 0 Å². The first-order chi connectivity index (χ1) is 8.85. The second-order valence-electron chi connectivity index (χ2n) is 4.58. The Hall–Kier alpha value is -2.08. The Balaban J connectivity index is 3.21. The fourth-order valence-corrected chi connectivity index (χ4v) is 1.64. The third-order valence-electron chi connectivity index (χ3n) is 2.98. The molecule has 0 saturated carbocycles. The fraction of sp³-hybridized carbons (Fsp3) is 0.385. The van der Waals surface area contributed by atoms with Gasteiger partial charge in [0, 0.05) is 19.7 Å². The molecule has 0 unspecified atom stereocenters. The van der Waals surface area contributed by atoms with Gasteiger partial charge in [-0.1, -0.05) is 17.3 Å². The summed E-state index contributed by atoms with van der Waals surface area (Å²) in [6, 6.07) is 6.91. The summed E-state index contributed by atoms with van der Waals surface area (Å²) in [5.41, 5.74) is 5.68. The summed E-state index contributed by atoms with van der Waals surface area (Å²) in [7, 11) is 3.09. The van der Waals surface area contributed by atoms with Gasteiger partial charge < -0.3 is 20.6 Å². The van der Waals surface area contributed by atoms with Crippen LogP contribution in [0.5, 0.6) is 0 Å². The van der Waals surface area contributed by atoms with Gasteiger partial charge >= 0.3 is 0 Å². The maximum absolute atomic E-state index is 12.3. The van der Waals surface area contributed by atoms with Gasteiger partial charge in [0.05, 0.1) is 5.69 Å². The van der Waals surface area contributed by atoms with Gasteiger partial charge in [-0.3, -0.25) is 4.79 Å². The lowest BCUT2D eigenvalue weighted by Gasteiger charge is -2.29. The summed E-state index contributed by atoms with van der Waals surface area (Å²) < 4.78 is 5.17. The van der Waals surface area contributed by atoms with Crippen LogP contribution in [0.15, 0.2) is 29.4 Å². The molecule has 104 valence electrons. The normalized spacial score (nSPS) is 12.3. The number of amidine groups is 1. The predicted octanol–water partition coefficient (Wildman–Crippen LogP) is 1.17. The number of rotatable bonds is 4. The van der Waals surface area contributed by atoms with Crippen molar-refractivity contribution in [2.45, 2.75) is 19.4 Å². The molecule has 0 radical (unpaired) electrons. The van der Waals surface area contributed by atoms with Gasteiger partial charge in [0.25, 0.3) is 5.91 Å². The number of amides is 1. The van der Waals surface area contributed by atoms with E-state index in [-0.39, 0.29) is 11.7 Å². The number of benzene rings is 1. The zero-order valence-corrected chi connectivity index (χ0v) is 11.5. The summed E-state index contributed by atoms with van der Waals surface area (Å²) in [6.45, 7) is 3.36. The van der Waals surface area contributed by atoms with Gasteiger partial charge in [0.15, 0.2) is 5.84 Å². The molecule has 6 nitrogen and oxygen atoms in total. The molecule has 1 amide bonds. The monoisotopic (exact) mass is 265 g/mol. The predicted molar refractivity (Wildman–Crippen MR) is 73.5 cm³/mol. The van der Waals surface area contributed by atoms with Crippen LogP contribution in [0.2, 0.25) is 0 Å². The number of likely N-dealkylation sites (N-methyl/N-ethyl adjacent to an activating group) is 1. The number of hydrogen-bond donors (Lipinski definition) is 2. The minimum atomic E-state index is -0.951. The molecule has 1 aromatic carbocycles. The van der Waals surface area contributed by atoms with Crippen LogP contribution in [0.1, 0.15) is 19.4 Å². The maximum Gasteiger partial charge on any atom is 0.258 e. The van der Waals surface area contributed by atoms with Crippen molar-refractivity contribution >= 4 is 17.4 Å². The number of nitrogens with two attached hydrogens (primary N) is 1. The number of hydrogen-bond acceptors (Lipinski definition) is 4. The van der Waals surface area contributed by atoms with E-state index in [9.17, 15) is 4.79 Å². The molecule has 0 aliphatic heterocycles. The Morgan fingerprint density at radius 1 is 1.42 bits per heavy atom. The Bertz CT molecular complexity index is 498. The number of ether oxygens (including phenoxy) is 1.